The molecule has 4 heterocycles. The van der Waals surface area contributed by atoms with Crippen molar-refractivity contribution in [1.29, 1.82) is 0 Å². The van der Waals surface area contributed by atoms with Crippen LogP contribution in [0.2, 0.25) is 5.02 Å². The number of hydrogen-bond donors (Lipinski definition) is 0. The van der Waals surface area contributed by atoms with Gasteiger partial charge in [-0.05, 0) is 61.2 Å². The summed E-state index contributed by atoms with van der Waals surface area (Å²) < 4.78 is 6.82. The van der Waals surface area contributed by atoms with Gasteiger partial charge in [0.2, 0.25) is 17.7 Å². The van der Waals surface area contributed by atoms with E-state index in [0.717, 1.165) is 36.2 Å². The van der Waals surface area contributed by atoms with E-state index in [1.165, 1.54) is 21.2 Å². The molecule has 8 nitrogen and oxygen atoms in total. The maximum absolute atomic E-state index is 13.9. The van der Waals surface area contributed by atoms with Gasteiger partial charge in [-0.3, -0.25) is 23.7 Å². The van der Waals surface area contributed by atoms with Gasteiger partial charge in [0.1, 0.15) is 17.5 Å². The largest absolute Gasteiger partial charge is 0.497 e. The van der Waals surface area contributed by atoms with Crippen LogP contribution in [0.5, 0.6) is 5.75 Å². The second-order valence-corrected chi connectivity index (χ2v) is 12.4. The van der Waals surface area contributed by atoms with E-state index in [2.05, 4.69) is 0 Å². The average Bonchev–Trinajstić information content (AvgIpc) is 3.40. The highest BCUT2D eigenvalue weighted by molar-refractivity contribution is 8.00. The first kappa shape index (κ1) is 26.2. The van der Waals surface area contributed by atoms with Crippen LogP contribution in [-0.4, -0.2) is 52.6 Å². The SMILES string of the molecule is COc1ccc([C@@H]2c3sc(=O)n(CC(=O)N4CCCCC4)c3S[C@H]3C(=O)N(c4ccc(Cl)cc4)C(=O)[C@@H]23)cc1. The molecule has 202 valence electrons. The number of rotatable bonds is 5. The summed E-state index contributed by atoms with van der Waals surface area (Å²) in [6.07, 6.45) is 3.01. The fourth-order valence-corrected chi connectivity index (χ4v) is 8.55. The number of likely N-dealkylation sites (tertiary alicyclic amines) is 1. The lowest BCUT2D eigenvalue weighted by Crippen LogP contribution is -2.39. The summed E-state index contributed by atoms with van der Waals surface area (Å²) in [6, 6.07) is 14.0. The van der Waals surface area contributed by atoms with E-state index in [1.54, 1.807) is 31.4 Å². The van der Waals surface area contributed by atoms with Gasteiger partial charge in [-0.2, -0.15) is 0 Å². The van der Waals surface area contributed by atoms with Crippen molar-refractivity contribution in [2.45, 2.75) is 42.0 Å². The van der Waals surface area contributed by atoms with Gasteiger partial charge >= 0.3 is 4.87 Å². The molecule has 0 spiro atoms. The van der Waals surface area contributed by atoms with Crippen LogP contribution in [0.3, 0.4) is 0 Å². The number of nitrogens with zero attached hydrogens (tertiary/aromatic N) is 3. The Morgan fingerprint density at radius 3 is 2.33 bits per heavy atom. The first-order valence-corrected chi connectivity index (χ1v) is 14.9. The van der Waals surface area contributed by atoms with Crippen molar-refractivity contribution < 1.29 is 19.1 Å². The van der Waals surface area contributed by atoms with Crippen molar-refractivity contribution in [3.05, 3.63) is 73.7 Å². The van der Waals surface area contributed by atoms with Crippen molar-refractivity contribution >= 4 is 58.1 Å². The Kier molecular flexibility index (Phi) is 7.03. The van der Waals surface area contributed by atoms with Crippen molar-refractivity contribution in [3.63, 3.8) is 0 Å². The topological polar surface area (TPSA) is 88.9 Å². The lowest BCUT2D eigenvalue weighted by Gasteiger charge is -2.31. The number of methoxy groups -OCH3 is 1. The maximum atomic E-state index is 13.9. The zero-order chi connectivity index (χ0) is 27.3. The number of carbonyl (C=O) groups is 3. The predicted molar refractivity (Wildman–Crippen MR) is 151 cm³/mol. The van der Waals surface area contributed by atoms with Crippen molar-refractivity contribution in [2.75, 3.05) is 25.1 Å². The molecule has 0 bridgehead atoms. The van der Waals surface area contributed by atoms with Gasteiger partial charge < -0.3 is 9.64 Å². The zero-order valence-corrected chi connectivity index (χ0v) is 23.6. The van der Waals surface area contributed by atoms with E-state index in [1.807, 2.05) is 29.2 Å². The van der Waals surface area contributed by atoms with Gasteiger partial charge in [0.15, 0.2) is 0 Å². The summed E-state index contributed by atoms with van der Waals surface area (Å²) in [5.74, 6) is -1.32. The number of anilines is 1. The number of piperidine rings is 1. The Bertz CT molecular complexity index is 1490. The summed E-state index contributed by atoms with van der Waals surface area (Å²) in [6.45, 7) is 1.30. The highest BCUT2D eigenvalue weighted by atomic mass is 35.5. The lowest BCUT2D eigenvalue weighted by molar-refractivity contribution is -0.133. The van der Waals surface area contributed by atoms with Crippen molar-refractivity contribution in [3.8, 4) is 5.75 Å². The van der Waals surface area contributed by atoms with Crippen LogP contribution in [0.1, 0.15) is 35.6 Å². The smallest absolute Gasteiger partial charge is 0.308 e. The number of thiazole rings is 1. The quantitative estimate of drug-likeness (QED) is 0.414. The minimum absolute atomic E-state index is 0.0760. The Morgan fingerprint density at radius 2 is 1.67 bits per heavy atom. The fraction of sp³-hybridized carbons (Fsp3) is 0.357. The van der Waals surface area contributed by atoms with Crippen LogP contribution < -0.4 is 14.5 Å². The number of fused-ring (bicyclic) bond motifs is 2. The van der Waals surface area contributed by atoms with Crippen LogP contribution in [0, 0.1) is 5.92 Å². The molecule has 0 aliphatic carbocycles. The first-order valence-electron chi connectivity index (χ1n) is 12.8. The molecule has 3 aliphatic heterocycles. The third kappa shape index (κ3) is 4.58. The molecule has 3 aromatic rings. The molecular formula is C28H26ClN3O5S2. The summed E-state index contributed by atoms with van der Waals surface area (Å²) in [7, 11) is 1.58. The minimum atomic E-state index is -0.738. The molecule has 0 saturated carbocycles. The highest BCUT2D eigenvalue weighted by Gasteiger charge is 2.56. The number of ether oxygens (including phenoxy) is 1. The van der Waals surface area contributed by atoms with Crippen LogP contribution >= 0.6 is 34.7 Å². The van der Waals surface area contributed by atoms with Crippen LogP contribution in [-0.2, 0) is 20.9 Å². The van der Waals surface area contributed by atoms with E-state index in [0.29, 0.717) is 39.5 Å². The Hall–Kier alpha value is -3.08. The van der Waals surface area contributed by atoms with Gasteiger partial charge in [-0.25, -0.2) is 4.90 Å². The molecule has 11 heteroatoms. The van der Waals surface area contributed by atoms with E-state index < -0.39 is 17.1 Å². The molecule has 2 aromatic carbocycles. The molecule has 0 unspecified atom stereocenters. The second kappa shape index (κ2) is 10.5. The number of amides is 3. The lowest BCUT2D eigenvalue weighted by atomic mass is 9.83. The van der Waals surface area contributed by atoms with Gasteiger partial charge in [-0.15, -0.1) is 0 Å². The van der Waals surface area contributed by atoms with Crippen LogP contribution in [0.4, 0.5) is 5.69 Å². The maximum Gasteiger partial charge on any atom is 0.308 e. The Balaban J connectivity index is 1.43. The predicted octanol–water partition coefficient (Wildman–Crippen LogP) is 4.38. The summed E-state index contributed by atoms with van der Waals surface area (Å²) >= 11 is 8.33. The van der Waals surface area contributed by atoms with Gasteiger partial charge in [0, 0.05) is 28.9 Å². The fourth-order valence-electron chi connectivity index (χ4n) is 5.65. The molecule has 2 fully saturated rings. The summed E-state index contributed by atoms with van der Waals surface area (Å²) in [5, 5.41) is 0.361. The van der Waals surface area contributed by atoms with Gasteiger partial charge in [0.25, 0.3) is 0 Å². The molecule has 2 saturated heterocycles. The van der Waals surface area contributed by atoms with E-state index in [-0.39, 0.29) is 29.1 Å². The Labute approximate surface area is 238 Å². The van der Waals surface area contributed by atoms with E-state index in [4.69, 9.17) is 16.3 Å². The number of thioether (sulfide) groups is 1. The summed E-state index contributed by atoms with van der Waals surface area (Å²) in [5.41, 5.74) is 1.26. The molecule has 3 amide bonds. The summed E-state index contributed by atoms with van der Waals surface area (Å²) in [4.78, 5) is 57.6. The van der Waals surface area contributed by atoms with Gasteiger partial charge in [0.05, 0.1) is 23.7 Å². The van der Waals surface area contributed by atoms with Crippen LogP contribution in [0.25, 0.3) is 0 Å². The van der Waals surface area contributed by atoms with Gasteiger partial charge in [-0.1, -0.05) is 46.8 Å². The zero-order valence-electron chi connectivity index (χ0n) is 21.2. The molecule has 39 heavy (non-hydrogen) atoms. The molecule has 3 atom stereocenters. The number of halogens is 1. The average molecular weight is 584 g/mol. The molecule has 6 rings (SSSR count). The monoisotopic (exact) mass is 583 g/mol. The number of carbonyl (C=O) groups excluding carboxylic acids is 3. The van der Waals surface area contributed by atoms with E-state index >= 15 is 0 Å². The highest BCUT2D eigenvalue weighted by Crippen LogP contribution is 2.54. The molecular weight excluding hydrogens is 558 g/mol. The number of benzene rings is 2. The third-order valence-corrected chi connectivity index (χ3v) is 10.5. The van der Waals surface area contributed by atoms with Crippen molar-refractivity contribution in [1.82, 2.24) is 9.47 Å². The minimum Gasteiger partial charge on any atom is -0.497 e. The molecule has 0 radical (unpaired) electrons. The number of hydrogen-bond acceptors (Lipinski definition) is 7. The molecule has 3 aliphatic rings. The van der Waals surface area contributed by atoms with Crippen LogP contribution in [0.15, 0.2) is 58.4 Å². The first-order chi connectivity index (χ1) is 18.9. The second-order valence-electron chi connectivity index (χ2n) is 9.87. The number of aromatic nitrogens is 1. The van der Waals surface area contributed by atoms with Crippen molar-refractivity contribution in [2.24, 2.45) is 5.92 Å². The molecule has 1 aromatic heterocycles. The van der Waals surface area contributed by atoms with E-state index in [9.17, 15) is 19.2 Å². The standard InChI is InChI=1S/C28H26ClN3O5S2/c1-37-19-11-5-16(6-12-19)21-22-23(26(35)32(25(22)34)18-9-7-17(29)8-10-18)38-27-24(21)39-28(36)31(27)15-20(33)30-13-3-2-4-14-30/h5-12,21-23H,2-4,13-15H2,1H3/t21-,22-,23+/m0/s1. The molecule has 0 N–H and O–H groups in total. The number of imide groups is 1. The normalized spacial score (nSPS) is 22.6. The third-order valence-electron chi connectivity index (χ3n) is 7.61. The Morgan fingerprint density at radius 1 is 0.974 bits per heavy atom.